The van der Waals surface area contributed by atoms with Crippen molar-refractivity contribution in [3.05, 3.63) is 48.0 Å². The van der Waals surface area contributed by atoms with Crippen LogP contribution in [-0.2, 0) is 14.3 Å². The lowest BCUT2D eigenvalue weighted by atomic mass is 10.00. The molecule has 0 saturated heterocycles. The number of Topliss-reactive ketones (excluding diaryl/α,β-unsaturated/α-hetero) is 2. The van der Waals surface area contributed by atoms with Crippen LogP contribution in [0.3, 0.4) is 0 Å². The number of hydrogen-bond acceptors (Lipinski definition) is 4. The molecule has 0 aliphatic heterocycles. The highest BCUT2D eigenvalue weighted by Crippen LogP contribution is 2.16. The van der Waals surface area contributed by atoms with Crippen LogP contribution in [0.25, 0.3) is 10.8 Å². The predicted molar refractivity (Wildman–Crippen MR) is 79.2 cm³/mol. The Morgan fingerprint density at radius 3 is 2.38 bits per heavy atom. The summed E-state index contributed by atoms with van der Waals surface area (Å²) in [5, 5.41) is 1.94. The Morgan fingerprint density at radius 2 is 1.67 bits per heavy atom. The van der Waals surface area contributed by atoms with Crippen LogP contribution in [0.2, 0.25) is 0 Å². The highest BCUT2D eigenvalue weighted by Gasteiger charge is 2.16. The SMILES string of the molecule is COC(=O)CCCC(=O)C(=O)c1ccc2ccccc2c1. The third kappa shape index (κ3) is 3.75. The van der Waals surface area contributed by atoms with Crippen molar-refractivity contribution in [3.8, 4) is 0 Å². The third-order valence-corrected chi connectivity index (χ3v) is 3.28. The van der Waals surface area contributed by atoms with Gasteiger partial charge in [0.05, 0.1) is 7.11 Å². The lowest BCUT2D eigenvalue weighted by Crippen LogP contribution is -2.14. The van der Waals surface area contributed by atoms with Crippen molar-refractivity contribution < 1.29 is 19.1 Å². The van der Waals surface area contributed by atoms with E-state index in [1.54, 1.807) is 12.1 Å². The predicted octanol–water partition coefficient (Wildman–Crippen LogP) is 2.93. The fourth-order valence-corrected chi connectivity index (χ4v) is 2.10. The number of carbonyl (C=O) groups is 3. The summed E-state index contributed by atoms with van der Waals surface area (Å²) in [6.07, 6.45) is 0.527. The van der Waals surface area contributed by atoms with Gasteiger partial charge in [0.1, 0.15) is 0 Å². The molecule has 0 heterocycles. The summed E-state index contributed by atoms with van der Waals surface area (Å²) >= 11 is 0. The Kier molecular flexibility index (Phi) is 4.82. The Labute approximate surface area is 122 Å². The Bertz CT molecular complexity index is 688. The number of ether oxygens (including phenoxy) is 1. The van der Waals surface area contributed by atoms with Crippen molar-refractivity contribution in [2.45, 2.75) is 19.3 Å². The fourth-order valence-electron chi connectivity index (χ4n) is 2.10. The monoisotopic (exact) mass is 284 g/mol. The number of ketones is 2. The van der Waals surface area contributed by atoms with Crippen LogP contribution in [-0.4, -0.2) is 24.6 Å². The molecule has 0 aliphatic carbocycles. The molecule has 0 bridgehead atoms. The lowest BCUT2D eigenvalue weighted by molar-refractivity contribution is -0.140. The smallest absolute Gasteiger partial charge is 0.305 e. The number of esters is 1. The fraction of sp³-hybridized carbons (Fsp3) is 0.235. The zero-order valence-corrected chi connectivity index (χ0v) is 11.8. The summed E-state index contributed by atoms with van der Waals surface area (Å²) in [6, 6.07) is 12.8. The standard InChI is InChI=1S/C17H16O4/c1-21-16(19)8-4-7-15(18)17(20)14-10-9-12-5-2-3-6-13(12)11-14/h2-3,5-6,9-11H,4,7-8H2,1H3. The molecule has 0 aliphatic rings. The summed E-state index contributed by atoms with van der Waals surface area (Å²) in [6.45, 7) is 0. The molecular formula is C17H16O4. The van der Waals surface area contributed by atoms with Crippen molar-refractivity contribution in [1.82, 2.24) is 0 Å². The molecular weight excluding hydrogens is 268 g/mol. The van der Waals surface area contributed by atoms with E-state index in [1.807, 2.05) is 30.3 Å². The second kappa shape index (κ2) is 6.79. The van der Waals surface area contributed by atoms with E-state index in [9.17, 15) is 14.4 Å². The van der Waals surface area contributed by atoms with E-state index in [2.05, 4.69) is 4.74 Å². The van der Waals surface area contributed by atoms with E-state index >= 15 is 0 Å². The van der Waals surface area contributed by atoms with Crippen LogP contribution in [0.4, 0.5) is 0 Å². The molecule has 0 N–H and O–H groups in total. The molecule has 2 rings (SSSR count). The van der Waals surface area contributed by atoms with E-state index in [0.717, 1.165) is 10.8 Å². The largest absolute Gasteiger partial charge is 0.469 e. The minimum atomic E-state index is -0.509. The van der Waals surface area contributed by atoms with Crippen molar-refractivity contribution in [3.63, 3.8) is 0 Å². The zero-order chi connectivity index (χ0) is 15.2. The maximum atomic E-state index is 12.1. The van der Waals surface area contributed by atoms with Crippen molar-refractivity contribution in [1.29, 1.82) is 0 Å². The van der Waals surface area contributed by atoms with Crippen molar-refractivity contribution in [2.24, 2.45) is 0 Å². The molecule has 0 fully saturated rings. The minimum absolute atomic E-state index is 0.0563. The summed E-state index contributed by atoms with van der Waals surface area (Å²) < 4.78 is 4.49. The average molecular weight is 284 g/mol. The van der Waals surface area contributed by atoms with Crippen molar-refractivity contribution >= 4 is 28.3 Å². The normalized spacial score (nSPS) is 10.3. The number of fused-ring (bicyclic) bond motifs is 1. The number of benzene rings is 2. The van der Waals surface area contributed by atoms with Crippen LogP contribution in [0, 0.1) is 0 Å². The first kappa shape index (κ1) is 14.9. The van der Waals surface area contributed by atoms with Crippen molar-refractivity contribution in [2.75, 3.05) is 7.11 Å². The highest BCUT2D eigenvalue weighted by molar-refractivity contribution is 6.43. The lowest BCUT2D eigenvalue weighted by Gasteiger charge is -2.03. The Hall–Kier alpha value is -2.49. The minimum Gasteiger partial charge on any atom is -0.469 e. The summed E-state index contributed by atoms with van der Waals surface area (Å²) in [4.78, 5) is 34.9. The molecule has 4 heteroatoms. The molecule has 4 nitrogen and oxygen atoms in total. The topological polar surface area (TPSA) is 60.4 Å². The summed E-state index contributed by atoms with van der Waals surface area (Å²) in [7, 11) is 1.30. The average Bonchev–Trinajstić information content (AvgIpc) is 2.53. The quantitative estimate of drug-likeness (QED) is 0.465. The molecule has 21 heavy (non-hydrogen) atoms. The summed E-state index contributed by atoms with van der Waals surface area (Å²) in [5.74, 6) is -1.36. The number of rotatable bonds is 6. The van der Waals surface area contributed by atoms with Gasteiger partial charge in [-0.1, -0.05) is 36.4 Å². The first-order valence-electron chi connectivity index (χ1n) is 6.75. The van der Waals surface area contributed by atoms with E-state index in [0.29, 0.717) is 12.0 Å². The second-order valence-electron chi connectivity index (χ2n) is 4.74. The van der Waals surface area contributed by atoms with Crippen LogP contribution in [0.15, 0.2) is 42.5 Å². The van der Waals surface area contributed by atoms with E-state index in [-0.39, 0.29) is 18.8 Å². The molecule has 2 aromatic carbocycles. The van der Waals surface area contributed by atoms with Crippen LogP contribution < -0.4 is 0 Å². The molecule has 0 atom stereocenters. The van der Waals surface area contributed by atoms with Gasteiger partial charge in [0.2, 0.25) is 11.6 Å². The van der Waals surface area contributed by atoms with E-state index in [1.165, 1.54) is 7.11 Å². The maximum absolute atomic E-state index is 12.1. The van der Waals surface area contributed by atoms with Gasteiger partial charge in [0, 0.05) is 18.4 Å². The molecule has 0 aromatic heterocycles. The highest BCUT2D eigenvalue weighted by atomic mass is 16.5. The van der Waals surface area contributed by atoms with Crippen LogP contribution in [0.1, 0.15) is 29.6 Å². The Balaban J connectivity index is 2.03. The van der Waals surface area contributed by atoms with Gasteiger partial charge >= 0.3 is 5.97 Å². The van der Waals surface area contributed by atoms with Gasteiger partial charge in [-0.15, -0.1) is 0 Å². The summed E-state index contributed by atoms with van der Waals surface area (Å²) in [5.41, 5.74) is 0.386. The van der Waals surface area contributed by atoms with E-state index < -0.39 is 11.6 Å². The van der Waals surface area contributed by atoms with Crippen LogP contribution >= 0.6 is 0 Å². The molecule has 0 spiro atoms. The molecule has 0 amide bonds. The van der Waals surface area contributed by atoms with Gasteiger partial charge in [0.15, 0.2) is 0 Å². The first-order valence-corrected chi connectivity index (χ1v) is 6.75. The molecule has 0 unspecified atom stereocenters. The second-order valence-corrected chi connectivity index (χ2v) is 4.74. The van der Waals surface area contributed by atoms with Crippen LogP contribution in [0.5, 0.6) is 0 Å². The maximum Gasteiger partial charge on any atom is 0.305 e. The van der Waals surface area contributed by atoms with Gasteiger partial charge < -0.3 is 4.74 Å². The van der Waals surface area contributed by atoms with Gasteiger partial charge in [-0.3, -0.25) is 14.4 Å². The zero-order valence-electron chi connectivity index (χ0n) is 11.8. The number of hydrogen-bond donors (Lipinski definition) is 0. The molecule has 0 radical (unpaired) electrons. The first-order chi connectivity index (χ1) is 10.1. The number of methoxy groups -OCH3 is 1. The molecule has 2 aromatic rings. The van der Waals surface area contributed by atoms with Gasteiger partial charge in [-0.2, -0.15) is 0 Å². The van der Waals surface area contributed by atoms with Gasteiger partial charge in [-0.25, -0.2) is 0 Å². The van der Waals surface area contributed by atoms with Gasteiger partial charge in [0.25, 0.3) is 0 Å². The number of carbonyl (C=O) groups excluding carboxylic acids is 3. The third-order valence-electron chi connectivity index (χ3n) is 3.28. The van der Waals surface area contributed by atoms with E-state index in [4.69, 9.17) is 0 Å². The Morgan fingerprint density at radius 1 is 0.952 bits per heavy atom. The molecule has 108 valence electrons. The molecule has 0 saturated carbocycles. The van der Waals surface area contributed by atoms with Gasteiger partial charge in [-0.05, 0) is 23.3 Å².